The van der Waals surface area contributed by atoms with Gasteiger partial charge in [0.1, 0.15) is 0 Å². The van der Waals surface area contributed by atoms with Crippen molar-refractivity contribution in [2.24, 2.45) is 11.8 Å². The van der Waals surface area contributed by atoms with Gasteiger partial charge in [-0.3, -0.25) is 10.3 Å². The molecule has 0 saturated heterocycles. The van der Waals surface area contributed by atoms with Crippen LogP contribution in [0, 0.1) is 11.8 Å². The Morgan fingerprint density at radius 3 is 2.44 bits per heavy atom. The van der Waals surface area contributed by atoms with E-state index >= 15 is 0 Å². The molecule has 0 rings (SSSR count). The molecule has 0 radical (unpaired) electrons. The molecule has 0 aliphatic rings. The molecule has 0 aliphatic carbocycles. The molecule has 0 bridgehead atoms. The lowest BCUT2D eigenvalue weighted by atomic mass is 9.90. The van der Waals surface area contributed by atoms with Crippen molar-refractivity contribution in [3.05, 3.63) is 11.8 Å². The third-order valence-corrected chi connectivity index (χ3v) is 2.77. The van der Waals surface area contributed by atoms with Gasteiger partial charge in [0.2, 0.25) is 0 Å². The van der Waals surface area contributed by atoms with Crippen molar-refractivity contribution in [2.75, 3.05) is 13.7 Å². The van der Waals surface area contributed by atoms with E-state index in [1.165, 1.54) is 13.2 Å². The van der Waals surface area contributed by atoms with Crippen LogP contribution in [0.2, 0.25) is 0 Å². The maximum absolute atomic E-state index is 11.3. The van der Waals surface area contributed by atoms with Crippen molar-refractivity contribution in [3.63, 3.8) is 0 Å². The molecule has 2 atom stereocenters. The zero-order valence-corrected chi connectivity index (χ0v) is 10.9. The lowest BCUT2D eigenvalue weighted by Gasteiger charge is -2.21. The van der Waals surface area contributed by atoms with Gasteiger partial charge in [0.25, 0.3) is 0 Å². The van der Waals surface area contributed by atoms with Gasteiger partial charge in [-0.1, -0.05) is 27.2 Å². The van der Waals surface area contributed by atoms with Gasteiger partial charge in [-0.25, -0.2) is 4.79 Å². The van der Waals surface area contributed by atoms with E-state index in [-0.39, 0.29) is 11.9 Å². The van der Waals surface area contributed by atoms with Crippen molar-refractivity contribution < 1.29 is 14.4 Å². The summed E-state index contributed by atoms with van der Waals surface area (Å²) in [6, 6.07) is 0. The third-order valence-electron chi connectivity index (χ3n) is 2.77. The molecule has 0 saturated carbocycles. The summed E-state index contributed by atoms with van der Waals surface area (Å²) in [6.45, 7) is 8.49. The van der Waals surface area contributed by atoms with Crippen LogP contribution in [0.1, 0.15) is 34.1 Å². The molecule has 0 aliphatic heterocycles. The highest BCUT2D eigenvalue weighted by molar-refractivity contribution is 5.82. The van der Waals surface area contributed by atoms with E-state index in [1.807, 2.05) is 0 Å². The number of nitrogens with one attached hydrogen (secondary N) is 1. The van der Waals surface area contributed by atoms with Gasteiger partial charge in [-0.2, -0.15) is 0 Å². The molecule has 4 nitrogen and oxygen atoms in total. The number of carbonyl (C=O) groups excluding carboxylic acids is 1. The summed E-state index contributed by atoms with van der Waals surface area (Å²) < 4.78 is 4.87. The maximum atomic E-state index is 11.3. The molecular weight excluding hydrogens is 206 g/mol. The number of hydrogen-bond acceptors (Lipinski definition) is 4. The van der Waals surface area contributed by atoms with Gasteiger partial charge < -0.3 is 4.74 Å². The van der Waals surface area contributed by atoms with E-state index in [1.54, 1.807) is 6.92 Å². The number of ether oxygens (including phenoxy) is 1. The summed E-state index contributed by atoms with van der Waals surface area (Å²) in [4.78, 5) is 16.2. The van der Waals surface area contributed by atoms with Crippen molar-refractivity contribution in [1.29, 1.82) is 0 Å². The SMILES string of the molecule is CCOC(=O)C=C(NOC)[C@H](C)[C@H](C)CC. The minimum atomic E-state index is -0.336. The van der Waals surface area contributed by atoms with Crippen molar-refractivity contribution in [1.82, 2.24) is 5.48 Å². The second-order valence-electron chi connectivity index (χ2n) is 3.83. The monoisotopic (exact) mass is 229 g/mol. The lowest BCUT2D eigenvalue weighted by Crippen LogP contribution is -2.23. The zero-order chi connectivity index (χ0) is 12.6. The number of carbonyl (C=O) groups is 1. The average Bonchev–Trinajstić information content (AvgIpc) is 2.26. The van der Waals surface area contributed by atoms with E-state index in [0.29, 0.717) is 12.5 Å². The van der Waals surface area contributed by atoms with E-state index in [2.05, 4.69) is 26.3 Å². The summed E-state index contributed by atoms with van der Waals surface area (Å²) >= 11 is 0. The molecule has 94 valence electrons. The molecule has 0 amide bonds. The normalized spacial score (nSPS) is 15.4. The van der Waals surface area contributed by atoms with Gasteiger partial charge in [0.05, 0.1) is 13.7 Å². The van der Waals surface area contributed by atoms with E-state index in [4.69, 9.17) is 9.57 Å². The molecule has 0 aromatic carbocycles. The fourth-order valence-corrected chi connectivity index (χ4v) is 1.34. The highest BCUT2D eigenvalue weighted by Crippen LogP contribution is 2.21. The Balaban J connectivity index is 4.63. The van der Waals surface area contributed by atoms with Crippen LogP contribution >= 0.6 is 0 Å². The predicted molar refractivity (Wildman–Crippen MR) is 63.5 cm³/mol. The Bertz CT molecular complexity index is 238. The molecule has 0 fully saturated rings. The quantitative estimate of drug-likeness (QED) is 0.413. The molecule has 0 unspecified atom stereocenters. The van der Waals surface area contributed by atoms with Crippen LogP contribution in [-0.2, 0) is 14.4 Å². The third kappa shape index (κ3) is 5.16. The standard InChI is InChI=1S/C12H23NO3/c1-6-9(3)10(4)11(13-15-5)8-12(14)16-7-2/h8-10,13H,6-7H2,1-5H3/t9-,10-/m1/s1. The van der Waals surface area contributed by atoms with Crippen LogP contribution in [-0.4, -0.2) is 19.7 Å². The summed E-state index contributed by atoms with van der Waals surface area (Å²) in [5.74, 6) is 0.370. The first-order valence-electron chi connectivity index (χ1n) is 5.74. The van der Waals surface area contributed by atoms with Gasteiger partial charge in [0, 0.05) is 17.7 Å². The predicted octanol–water partition coefficient (Wildman–Crippen LogP) is 2.27. The van der Waals surface area contributed by atoms with Crippen LogP contribution in [0.15, 0.2) is 11.8 Å². The summed E-state index contributed by atoms with van der Waals surface area (Å²) in [5, 5.41) is 0. The number of allylic oxidation sites excluding steroid dienone is 1. The van der Waals surface area contributed by atoms with Crippen LogP contribution in [0.3, 0.4) is 0 Å². The number of rotatable bonds is 7. The van der Waals surface area contributed by atoms with Gasteiger partial charge in [0.15, 0.2) is 0 Å². The summed E-state index contributed by atoms with van der Waals surface area (Å²) in [5.41, 5.74) is 3.51. The minimum Gasteiger partial charge on any atom is -0.463 e. The fraction of sp³-hybridized carbons (Fsp3) is 0.750. The molecule has 0 heterocycles. The van der Waals surface area contributed by atoms with E-state index < -0.39 is 0 Å². The topological polar surface area (TPSA) is 47.6 Å². The molecule has 16 heavy (non-hydrogen) atoms. The van der Waals surface area contributed by atoms with Gasteiger partial charge >= 0.3 is 5.97 Å². The summed E-state index contributed by atoms with van der Waals surface area (Å²) in [7, 11) is 1.53. The van der Waals surface area contributed by atoms with E-state index in [9.17, 15) is 4.79 Å². The Morgan fingerprint density at radius 2 is 2.00 bits per heavy atom. The smallest absolute Gasteiger partial charge is 0.332 e. The Kier molecular flexibility index (Phi) is 7.64. The average molecular weight is 229 g/mol. The van der Waals surface area contributed by atoms with Crippen molar-refractivity contribution in [3.8, 4) is 0 Å². The first-order chi connectivity index (χ1) is 7.56. The number of hydrogen-bond donors (Lipinski definition) is 1. The van der Waals surface area contributed by atoms with E-state index in [0.717, 1.165) is 12.1 Å². The Morgan fingerprint density at radius 1 is 1.38 bits per heavy atom. The van der Waals surface area contributed by atoms with Crippen LogP contribution in [0.5, 0.6) is 0 Å². The lowest BCUT2D eigenvalue weighted by molar-refractivity contribution is -0.137. The van der Waals surface area contributed by atoms with Crippen LogP contribution < -0.4 is 5.48 Å². The molecule has 0 aromatic heterocycles. The van der Waals surface area contributed by atoms with Crippen molar-refractivity contribution in [2.45, 2.75) is 34.1 Å². The maximum Gasteiger partial charge on any atom is 0.332 e. The molecule has 0 aromatic rings. The number of hydroxylamine groups is 1. The molecule has 1 N–H and O–H groups in total. The first kappa shape index (κ1) is 15.0. The first-order valence-corrected chi connectivity index (χ1v) is 5.74. The molecule has 4 heteroatoms. The highest BCUT2D eigenvalue weighted by atomic mass is 16.6. The zero-order valence-electron chi connectivity index (χ0n) is 10.9. The fourth-order valence-electron chi connectivity index (χ4n) is 1.34. The highest BCUT2D eigenvalue weighted by Gasteiger charge is 2.16. The largest absolute Gasteiger partial charge is 0.463 e. The molecule has 0 spiro atoms. The number of esters is 1. The summed E-state index contributed by atoms with van der Waals surface area (Å²) in [6.07, 6.45) is 2.51. The molecular formula is C12H23NO3. The Labute approximate surface area is 98.0 Å². The minimum absolute atomic E-state index is 0.231. The second-order valence-corrected chi connectivity index (χ2v) is 3.83. The van der Waals surface area contributed by atoms with Crippen LogP contribution in [0.4, 0.5) is 0 Å². The van der Waals surface area contributed by atoms with Crippen molar-refractivity contribution >= 4 is 5.97 Å². The Hall–Kier alpha value is -1.03. The second kappa shape index (κ2) is 8.16. The van der Waals surface area contributed by atoms with Gasteiger partial charge in [-0.15, -0.1) is 0 Å². The van der Waals surface area contributed by atoms with Gasteiger partial charge in [-0.05, 0) is 12.8 Å². The van der Waals surface area contributed by atoms with Crippen LogP contribution in [0.25, 0.3) is 0 Å².